The zero-order valence-electron chi connectivity index (χ0n) is 14.6. The Morgan fingerprint density at radius 2 is 1.86 bits per heavy atom. The van der Waals surface area contributed by atoms with Crippen molar-refractivity contribution in [2.75, 3.05) is 0 Å². The molecule has 3 heteroatoms. The van der Waals surface area contributed by atoms with Crippen LogP contribution >= 0.6 is 0 Å². The third-order valence-electron chi connectivity index (χ3n) is 5.20. The van der Waals surface area contributed by atoms with Crippen molar-refractivity contribution in [3.63, 3.8) is 0 Å². The lowest BCUT2D eigenvalue weighted by molar-refractivity contribution is 0.213. The smallest absolute Gasteiger partial charge is 0.138 e. The molecule has 1 saturated carbocycles. The Labute approximate surface area is 129 Å². The number of nitrogens with one attached hydrogen (secondary N) is 1. The van der Waals surface area contributed by atoms with Gasteiger partial charge in [0.05, 0.1) is 5.69 Å². The van der Waals surface area contributed by atoms with Gasteiger partial charge in [-0.3, -0.25) is 0 Å². The minimum atomic E-state index is 0.326. The maximum Gasteiger partial charge on any atom is 0.138 e. The number of aromatic nitrogens is 1. The monoisotopic (exact) mass is 292 g/mol. The van der Waals surface area contributed by atoms with Gasteiger partial charge < -0.3 is 9.84 Å². The lowest BCUT2D eigenvalue weighted by atomic mass is 9.76. The van der Waals surface area contributed by atoms with Gasteiger partial charge in [0.1, 0.15) is 5.76 Å². The fraction of sp³-hybridized carbons (Fsp3) is 0.833. The van der Waals surface area contributed by atoms with Crippen LogP contribution in [0.1, 0.15) is 82.9 Å². The molecule has 0 aromatic carbocycles. The van der Waals surface area contributed by atoms with E-state index < -0.39 is 0 Å². The standard InChI is InChI=1S/C18H32N2O/c1-12(17-13(2)20-21-14(17)3)19-16-9-7-8-15(10-11-16)18(4,5)6/h12,15-16,19H,7-11H2,1-6H3. The summed E-state index contributed by atoms with van der Waals surface area (Å²) >= 11 is 0. The van der Waals surface area contributed by atoms with E-state index in [1.165, 1.54) is 37.7 Å². The van der Waals surface area contributed by atoms with Crippen LogP contribution in [0, 0.1) is 25.2 Å². The maximum absolute atomic E-state index is 5.30. The zero-order valence-corrected chi connectivity index (χ0v) is 14.6. The molecule has 0 bridgehead atoms. The fourth-order valence-corrected chi connectivity index (χ4v) is 3.88. The summed E-state index contributed by atoms with van der Waals surface area (Å²) in [6, 6.07) is 0.952. The average Bonchev–Trinajstić information content (AvgIpc) is 2.60. The van der Waals surface area contributed by atoms with Crippen molar-refractivity contribution in [2.45, 2.75) is 85.7 Å². The van der Waals surface area contributed by atoms with Gasteiger partial charge in [-0.25, -0.2) is 0 Å². The molecule has 1 fully saturated rings. The molecular weight excluding hydrogens is 260 g/mol. The Bertz CT molecular complexity index is 439. The first kappa shape index (κ1) is 16.5. The van der Waals surface area contributed by atoms with E-state index in [4.69, 9.17) is 4.52 Å². The predicted octanol–water partition coefficient (Wildman–Crippen LogP) is 4.94. The molecule has 1 N–H and O–H groups in total. The zero-order chi connectivity index (χ0) is 15.6. The van der Waals surface area contributed by atoms with E-state index in [9.17, 15) is 0 Å². The topological polar surface area (TPSA) is 38.1 Å². The molecule has 0 radical (unpaired) electrons. The summed E-state index contributed by atoms with van der Waals surface area (Å²) < 4.78 is 5.30. The summed E-state index contributed by atoms with van der Waals surface area (Å²) in [5.74, 6) is 1.81. The van der Waals surface area contributed by atoms with Gasteiger partial charge in [-0.2, -0.15) is 0 Å². The number of aryl methyl sites for hydroxylation is 2. The number of hydrogen-bond acceptors (Lipinski definition) is 3. The van der Waals surface area contributed by atoms with Gasteiger partial charge in [0, 0.05) is 17.6 Å². The molecule has 1 heterocycles. The van der Waals surface area contributed by atoms with Crippen LogP contribution in [-0.4, -0.2) is 11.2 Å². The molecule has 1 aliphatic rings. The van der Waals surface area contributed by atoms with Crippen molar-refractivity contribution < 1.29 is 4.52 Å². The lowest BCUT2D eigenvalue weighted by Crippen LogP contribution is -2.31. The van der Waals surface area contributed by atoms with Crippen molar-refractivity contribution in [3.8, 4) is 0 Å². The number of hydrogen-bond donors (Lipinski definition) is 1. The molecule has 21 heavy (non-hydrogen) atoms. The number of rotatable bonds is 3. The summed E-state index contributed by atoms with van der Waals surface area (Å²) in [4.78, 5) is 0. The highest BCUT2D eigenvalue weighted by Crippen LogP contribution is 2.37. The van der Waals surface area contributed by atoms with Crippen LogP contribution in [-0.2, 0) is 0 Å². The van der Waals surface area contributed by atoms with Crippen molar-refractivity contribution in [1.82, 2.24) is 10.5 Å². The van der Waals surface area contributed by atoms with Crippen LogP contribution in [0.5, 0.6) is 0 Å². The Morgan fingerprint density at radius 1 is 1.14 bits per heavy atom. The van der Waals surface area contributed by atoms with Crippen LogP contribution in [0.2, 0.25) is 0 Å². The van der Waals surface area contributed by atoms with Crippen molar-refractivity contribution in [1.29, 1.82) is 0 Å². The minimum Gasteiger partial charge on any atom is -0.361 e. The van der Waals surface area contributed by atoms with Gasteiger partial charge in [0.2, 0.25) is 0 Å². The van der Waals surface area contributed by atoms with E-state index in [-0.39, 0.29) is 0 Å². The SMILES string of the molecule is Cc1noc(C)c1C(C)NC1CCCC(C(C)(C)C)CC1. The molecule has 1 aromatic rings. The first-order chi connectivity index (χ1) is 9.79. The summed E-state index contributed by atoms with van der Waals surface area (Å²) in [7, 11) is 0. The summed E-state index contributed by atoms with van der Waals surface area (Å²) in [6.07, 6.45) is 6.64. The van der Waals surface area contributed by atoms with Crippen LogP contribution in [0.4, 0.5) is 0 Å². The van der Waals surface area contributed by atoms with Crippen LogP contribution < -0.4 is 5.32 Å². The normalized spacial score (nSPS) is 25.6. The van der Waals surface area contributed by atoms with E-state index in [1.54, 1.807) is 0 Å². The van der Waals surface area contributed by atoms with Gasteiger partial charge in [0.25, 0.3) is 0 Å². The molecule has 2 rings (SSSR count). The Kier molecular flexibility index (Phi) is 5.13. The third kappa shape index (κ3) is 4.09. The lowest BCUT2D eigenvalue weighted by Gasteiger charge is -2.30. The van der Waals surface area contributed by atoms with E-state index >= 15 is 0 Å². The van der Waals surface area contributed by atoms with Crippen LogP contribution in [0.3, 0.4) is 0 Å². The molecule has 3 atom stereocenters. The first-order valence-corrected chi connectivity index (χ1v) is 8.48. The van der Waals surface area contributed by atoms with Gasteiger partial charge in [-0.05, 0) is 57.8 Å². The van der Waals surface area contributed by atoms with E-state index in [0.29, 0.717) is 17.5 Å². The summed E-state index contributed by atoms with van der Waals surface area (Å²) in [5, 5.41) is 7.89. The Morgan fingerprint density at radius 3 is 2.43 bits per heavy atom. The molecular formula is C18H32N2O. The molecule has 0 amide bonds. The van der Waals surface area contributed by atoms with Gasteiger partial charge in [-0.15, -0.1) is 0 Å². The largest absolute Gasteiger partial charge is 0.361 e. The maximum atomic E-state index is 5.30. The summed E-state index contributed by atoms with van der Waals surface area (Å²) in [6.45, 7) is 13.4. The van der Waals surface area contributed by atoms with Crippen molar-refractivity contribution in [2.24, 2.45) is 11.3 Å². The van der Waals surface area contributed by atoms with Gasteiger partial charge in [-0.1, -0.05) is 32.3 Å². The second kappa shape index (κ2) is 6.51. The molecule has 3 nitrogen and oxygen atoms in total. The van der Waals surface area contributed by atoms with Crippen LogP contribution in [0.25, 0.3) is 0 Å². The van der Waals surface area contributed by atoms with E-state index in [2.05, 4.69) is 38.2 Å². The van der Waals surface area contributed by atoms with E-state index in [1.807, 2.05) is 13.8 Å². The predicted molar refractivity (Wildman–Crippen MR) is 87.3 cm³/mol. The molecule has 120 valence electrons. The molecule has 1 aliphatic carbocycles. The fourth-order valence-electron chi connectivity index (χ4n) is 3.88. The quantitative estimate of drug-likeness (QED) is 0.802. The molecule has 1 aromatic heterocycles. The highest BCUT2D eigenvalue weighted by Gasteiger charge is 2.28. The minimum absolute atomic E-state index is 0.326. The van der Waals surface area contributed by atoms with Gasteiger partial charge >= 0.3 is 0 Å². The Balaban J connectivity index is 1.95. The van der Waals surface area contributed by atoms with Crippen molar-refractivity contribution in [3.05, 3.63) is 17.0 Å². The average molecular weight is 292 g/mol. The molecule has 0 spiro atoms. The second-order valence-electron chi connectivity index (χ2n) is 7.89. The molecule has 0 saturated heterocycles. The second-order valence-corrected chi connectivity index (χ2v) is 7.89. The van der Waals surface area contributed by atoms with Crippen LogP contribution in [0.15, 0.2) is 4.52 Å². The first-order valence-electron chi connectivity index (χ1n) is 8.48. The third-order valence-corrected chi connectivity index (χ3v) is 5.20. The summed E-state index contributed by atoms with van der Waals surface area (Å²) in [5.41, 5.74) is 2.71. The highest BCUT2D eigenvalue weighted by molar-refractivity contribution is 5.24. The molecule has 3 unspecified atom stereocenters. The highest BCUT2D eigenvalue weighted by atomic mass is 16.5. The number of nitrogens with zero attached hydrogens (tertiary/aromatic N) is 1. The van der Waals surface area contributed by atoms with Gasteiger partial charge in [0.15, 0.2) is 0 Å². The Hall–Kier alpha value is -0.830. The van der Waals surface area contributed by atoms with E-state index in [0.717, 1.165) is 17.4 Å². The van der Waals surface area contributed by atoms with Crippen molar-refractivity contribution >= 4 is 0 Å². The molecule has 0 aliphatic heterocycles.